The fourth-order valence-corrected chi connectivity index (χ4v) is 3.18. The molecule has 3 rings (SSSR count). The summed E-state index contributed by atoms with van der Waals surface area (Å²) in [5.41, 5.74) is 1.22. The summed E-state index contributed by atoms with van der Waals surface area (Å²) in [7, 11) is 0. The number of rotatable bonds is 4. The quantitative estimate of drug-likeness (QED) is 0.789. The van der Waals surface area contributed by atoms with Gasteiger partial charge in [-0.2, -0.15) is 0 Å². The number of hydrogen-bond acceptors (Lipinski definition) is 5. The van der Waals surface area contributed by atoms with Crippen LogP contribution in [0.1, 0.15) is 26.2 Å². The summed E-state index contributed by atoms with van der Waals surface area (Å²) in [5, 5.41) is 5.34. The van der Waals surface area contributed by atoms with Crippen LogP contribution in [0.3, 0.4) is 0 Å². The van der Waals surface area contributed by atoms with Gasteiger partial charge in [0.05, 0.1) is 13.2 Å². The van der Waals surface area contributed by atoms with Crippen LogP contribution >= 0.6 is 0 Å². The van der Waals surface area contributed by atoms with Gasteiger partial charge in [-0.05, 0) is 24.3 Å². The van der Waals surface area contributed by atoms with E-state index in [1.165, 1.54) is 6.92 Å². The van der Waals surface area contributed by atoms with Gasteiger partial charge in [-0.15, -0.1) is 0 Å². The maximum absolute atomic E-state index is 12.3. The summed E-state index contributed by atoms with van der Waals surface area (Å²) in [6.45, 7) is 3.66. The number of nitrogens with zero attached hydrogens (tertiary/aromatic N) is 1. The fraction of sp³-hybridized carbons (Fsp3) is 0.500. The molecular formula is C18H23N3O5. The van der Waals surface area contributed by atoms with Gasteiger partial charge in [0, 0.05) is 44.2 Å². The van der Waals surface area contributed by atoms with Crippen LogP contribution in [0.4, 0.5) is 11.4 Å². The van der Waals surface area contributed by atoms with Crippen LogP contribution < -0.4 is 10.6 Å². The summed E-state index contributed by atoms with van der Waals surface area (Å²) < 4.78 is 11.3. The highest BCUT2D eigenvalue weighted by Gasteiger charge is 2.40. The van der Waals surface area contributed by atoms with E-state index in [9.17, 15) is 14.4 Å². The Morgan fingerprint density at radius 1 is 1.00 bits per heavy atom. The SMILES string of the molecule is CC(=O)Nc1ccc(NC(=O)CC(=O)N2CCC3(CC2)OCCO3)cc1. The lowest BCUT2D eigenvalue weighted by Crippen LogP contribution is -2.47. The van der Waals surface area contributed by atoms with Gasteiger partial charge >= 0.3 is 0 Å². The molecule has 140 valence electrons. The van der Waals surface area contributed by atoms with E-state index in [-0.39, 0.29) is 24.1 Å². The molecule has 8 heteroatoms. The first kappa shape index (κ1) is 18.3. The maximum Gasteiger partial charge on any atom is 0.233 e. The molecular weight excluding hydrogens is 338 g/mol. The third-order valence-corrected chi connectivity index (χ3v) is 4.49. The number of benzene rings is 1. The minimum atomic E-state index is -0.533. The Bertz CT molecular complexity index is 673. The monoisotopic (exact) mass is 361 g/mol. The summed E-state index contributed by atoms with van der Waals surface area (Å²) in [6, 6.07) is 6.72. The molecule has 0 aromatic heterocycles. The summed E-state index contributed by atoms with van der Waals surface area (Å²) in [5.74, 6) is -1.26. The smallest absolute Gasteiger partial charge is 0.233 e. The highest BCUT2D eigenvalue weighted by molar-refractivity contribution is 6.03. The average Bonchev–Trinajstić information content (AvgIpc) is 3.04. The van der Waals surface area contributed by atoms with Crippen LogP contribution in [-0.2, 0) is 23.9 Å². The largest absolute Gasteiger partial charge is 0.347 e. The van der Waals surface area contributed by atoms with Crippen molar-refractivity contribution in [1.82, 2.24) is 4.90 Å². The zero-order valence-electron chi connectivity index (χ0n) is 14.7. The van der Waals surface area contributed by atoms with Crippen LogP contribution in [-0.4, -0.2) is 54.7 Å². The molecule has 8 nitrogen and oxygen atoms in total. The first-order valence-electron chi connectivity index (χ1n) is 8.69. The maximum atomic E-state index is 12.3. The molecule has 26 heavy (non-hydrogen) atoms. The van der Waals surface area contributed by atoms with Crippen molar-refractivity contribution in [2.45, 2.75) is 32.0 Å². The Labute approximate surface area is 151 Å². The molecule has 2 aliphatic rings. The predicted octanol–water partition coefficient (Wildman–Crippen LogP) is 1.34. The van der Waals surface area contributed by atoms with Gasteiger partial charge in [0.2, 0.25) is 17.7 Å². The number of carbonyl (C=O) groups is 3. The lowest BCUT2D eigenvalue weighted by molar-refractivity contribution is -0.187. The predicted molar refractivity (Wildman–Crippen MR) is 94.4 cm³/mol. The topological polar surface area (TPSA) is 97.0 Å². The number of ether oxygens (including phenoxy) is 2. The number of carbonyl (C=O) groups excluding carboxylic acids is 3. The molecule has 0 atom stereocenters. The molecule has 0 saturated carbocycles. The van der Waals surface area contributed by atoms with E-state index >= 15 is 0 Å². The van der Waals surface area contributed by atoms with Gasteiger partial charge in [-0.25, -0.2) is 0 Å². The zero-order chi connectivity index (χ0) is 18.6. The third-order valence-electron chi connectivity index (χ3n) is 4.49. The normalized spacial score (nSPS) is 18.6. The van der Waals surface area contributed by atoms with Gasteiger partial charge in [0.1, 0.15) is 6.42 Å². The first-order valence-corrected chi connectivity index (χ1v) is 8.69. The Morgan fingerprint density at radius 3 is 2.08 bits per heavy atom. The summed E-state index contributed by atoms with van der Waals surface area (Å²) >= 11 is 0. The van der Waals surface area contributed by atoms with E-state index in [1.54, 1.807) is 29.2 Å². The van der Waals surface area contributed by atoms with E-state index in [4.69, 9.17) is 9.47 Å². The summed E-state index contributed by atoms with van der Waals surface area (Å²) in [4.78, 5) is 37.1. The van der Waals surface area contributed by atoms with Gasteiger partial charge in [0.25, 0.3) is 0 Å². The van der Waals surface area contributed by atoms with E-state index in [0.29, 0.717) is 50.5 Å². The van der Waals surface area contributed by atoms with Crippen molar-refractivity contribution in [3.8, 4) is 0 Å². The highest BCUT2D eigenvalue weighted by atomic mass is 16.7. The minimum Gasteiger partial charge on any atom is -0.347 e. The van der Waals surface area contributed by atoms with Gasteiger partial charge in [-0.1, -0.05) is 0 Å². The van der Waals surface area contributed by atoms with E-state index in [1.807, 2.05) is 0 Å². The molecule has 3 amide bonds. The van der Waals surface area contributed by atoms with E-state index < -0.39 is 5.79 Å². The Morgan fingerprint density at radius 2 is 1.54 bits per heavy atom. The van der Waals surface area contributed by atoms with Crippen LogP contribution in [0.2, 0.25) is 0 Å². The molecule has 1 spiro atoms. The number of anilines is 2. The second-order valence-electron chi connectivity index (χ2n) is 6.47. The Balaban J connectivity index is 1.45. The van der Waals surface area contributed by atoms with Crippen molar-refractivity contribution in [2.24, 2.45) is 0 Å². The number of amides is 3. The molecule has 2 N–H and O–H groups in total. The van der Waals surface area contributed by atoms with Crippen LogP contribution in [0.5, 0.6) is 0 Å². The first-order chi connectivity index (χ1) is 12.5. The molecule has 0 radical (unpaired) electrons. The van der Waals surface area contributed by atoms with Gasteiger partial charge in [0.15, 0.2) is 5.79 Å². The van der Waals surface area contributed by atoms with Crippen molar-refractivity contribution in [1.29, 1.82) is 0 Å². The van der Waals surface area contributed by atoms with Crippen molar-refractivity contribution < 1.29 is 23.9 Å². The molecule has 2 fully saturated rings. The standard InChI is InChI=1S/C18H23N3O5/c1-13(22)19-14-2-4-15(5-3-14)20-16(23)12-17(24)21-8-6-18(7-9-21)25-10-11-26-18/h2-5H,6-12H2,1H3,(H,19,22)(H,20,23). The zero-order valence-corrected chi connectivity index (χ0v) is 14.7. The van der Waals surface area contributed by atoms with Crippen LogP contribution in [0.25, 0.3) is 0 Å². The van der Waals surface area contributed by atoms with Crippen LogP contribution in [0.15, 0.2) is 24.3 Å². The minimum absolute atomic E-state index is 0.163. The van der Waals surface area contributed by atoms with Gasteiger partial charge < -0.3 is 25.0 Å². The molecule has 1 aromatic rings. The lowest BCUT2D eigenvalue weighted by atomic mass is 10.0. The van der Waals surface area contributed by atoms with E-state index in [0.717, 1.165) is 0 Å². The third kappa shape index (κ3) is 4.59. The second kappa shape index (κ2) is 7.84. The lowest BCUT2D eigenvalue weighted by Gasteiger charge is -2.37. The molecule has 1 aromatic carbocycles. The van der Waals surface area contributed by atoms with Crippen LogP contribution in [0, 0.1) is 0 Å². The molecule has 2 heterocycles. The molecule has 2 saturated heterocycles. The van der Waals surface area contributed by atoms with Crippen molar-refractivity contribution in [3.63, 3.8) is 0 Å². The molecule has 0 bridgehead atoms. The van der Waals surface area contributed by atoms with Crippen molar-refractivity contribution >= 4 is 29.1 Å². The fourth-order valence-electron chi connectivity index (χ4n) is 3.18. The van der Waals surface area contributed by atoms with Gasteiger partial charge in [-0.3, -0.25) is 14.4 Å². The van der Waals surface area contributed by atoms with E-state index in [2.05, 4.69) is 10.6 Å². The van der Waals surface area contributed by atoms with Crippen molar-refractivity contribution in [3.05, 3.63) is 24.3 Å². The second-order valence-corrected chi connectivity index (χ2v) is 6.47. The summed E-state index contributed by atoms with van der Waals surface area (Å²) in [6.07, 6.45) is 1.05. The number of piperidine rings is 1. The number of likely N-dealkylation sites (tertiary alicyclic amines) is 1. The average molecular weight is 361 g/mol. The molecule has 2 aliphatic heterocycles. The highest BCUT2D eigenvalue weighted by Crippen LogP contribution is 2.31. The molecule has 0 aliphatic carbocycles. The number of nitrogens with one attached hydrogen (secondary N) is 2. The van der Waals surface area contributed by atoms with Crippen molar-refractivity contribution in [2.75, 3.05) is 36.9 Å². The number of hydrogen-bond donors (Lipinski definition) is 2. The Kier molecular flexibility index (Phi) is 5.53. The molecule has 0 unspecified atom stereocenters. The Hall–Kier alpha value is -2.45.